The van der Waals surface area contributed by atoms with Gasteiger partial charge in [0.2, 0.25) is 5.95 Å². The number of anilines is 2. The van der Waals surface area contributed by atoms with Crippen molar-refractivity contribution in [2.75, 3.05) is 17.7 Å². The zero-order chi connectivity index (χ0) is 18.8. The summed E-state index contributed by atoms with van der Waals surface area (Å²) in [5.41, 5.74) is 13.1. The molecule has 1 aromatic carbocycles. The van der Waals surface area contributed by atoms with Crippen molar-refractivity contribution >= 4 is 45.1 Å². The maximum Gasteiger partial charge on any atom is 0.221 e. The van der Waals surface area contributed by atoms with Gasteiger partial charge in [-0.25, -0.2) is 15.0 Å². The summed E-state index contributed by atoms with van der Waals surface area (Å²) in [6, 6.07) is 9.93. The summed E-state index contributed by atoms with van der Waals surface area (Å²) < 4.78 is 6.00. The van der Waals surface area contributed by atoms with E-state index in [4.69, 9.17) is 16.2 Å². The lowest BCUT2D eigenvalue weighted by Crippen LogP contribution is -2.06. The number of fused-ring (bicyclic) bond motifs is 1. The number of rotatable bonds is 5. The molecule has 7 nitrogen and oxygen atoms in total. The quantitative estimate of drug-likeness (QED) is 0.388. The number of thioether (sulfide) groups is 1. The van der Waals surface area contributed by atoms with E-state index < -0.39 is 0 Å². The van der Waals surface area contributed by atoms with Crippen molar-refractivity contribution in [2.45, 2.75) is 11.8 Å². The predicted molar refractivity (Wildman–Crippen MR) is 110 cm³/mol. The molecule has 3 heterocycles. The second-order valence-electron chi connectivity index (χ2n) is 5.65. The van der Waals surface area contributed by atoms with Crippen molar-refractivity contribution in [3.8, 4) is 16.2 Å². The Labute approximate surface area is 163 Å². The van der Waals surface area contributed by atoms with Gasteiger partial charge in [0.05, 0.1) is 5.56 Å². The standard InChI is InChI=1S/C18H16N6OS2/c1-26-18-22-7-10-6-14(27-16(10)24-18)12-4-2-3-5-13(12)25-9-11-8-21-17(20)23-15(11)19/h2-8H,9H2,1H3,(H4,19,20,21,23). The van der Waals surface area contributed by atoms with Crippen LogP contribution >= 0.6 is 23.1 Å². The van der Waals surface area contributed by atoms with Gasteiger partial charge in [0, 0.05) is 28.2 Å². The number of nitrogen functional groups attached to an aromatic ring is 2. The van der Waals surface area contributed by atoms with Crippen molar-refractivity contribution < 1.29 is 4.74 Å². The Balaban J connectivity index is 1.64. The number of hydrogen-bond donors (Lipinski definition) is 2. The number of nitrogens with two attached hydrogens (primary N) is 2. The average molecular weight is 397 g/mol. The van der Waals surface area contributed by atoms with Gasteiger partial charge in [0.25, 0.3) is 0 Å². The molecule has 0 aliphatic heterocycles. The lowest BCUT2D eigenvalue weighted by atomic mass is 10.1. The fourth-order valence-electron chi connectivity index (χ4n) is 2.54. The maximum atomic E-state index is 6.00. The number of para-hydroxylation sites is 1. The molecule has 0 spiro atoms. The number of hydrogen-bond acceptors (Lipinski definition) is 9. The third-order valence-electron chi connectivity index (χ3n) is 3.89. The molecule has 0 aliphatic carbocycles. The summed E-state index contributed by atoms with van der Waals surface area (Å²) in [5, 5.41) is 1.78. The first-order valence-electron chi connectivity index (χ1n) is 8.03. The van der Waals surface area contributed by atoms with Crippen LogP contribution in [0.1, 0.15) is 5.56 Å². The molecule has 0 radical (unpaired) electrons. The summed E-state index contributed by atoms with van der Waals surface area (Å²) in [7, 11) is 0. The van der Waals surface area contributed by atoms with E-state index in [2.05, 4.69) is 26.0 Å². The molecule has 3 aromatic heterocycles. The number of ether oxygens (including phenoxy) is 1. The second-order valence-corrected chi connectivity index (χ2v) is 7.46. The minimum atomic E-state index is 0.146. The Hall–Kier alpha value is -2.91. The lowest BCUT2D eigenvalue weighted by molar-refractivity contribution is 0.307. The van der Waals surface area contributed by atoms with Crippen LogP contribution in [0, 0.1) is 0 Å². The van der Waals surface area contributed by atoms with Crippen molar-refractivity contribution in [3.05, 3.63) is 48.3 Å². The first kappa shape index (κ1) is 17.5. The van der Waals surface area contributed by atoms with Crippen LogP contribution in [-0.4, -0.2) is 26.2 Å². The van der Waals surface area contributed by atoms with Crippen molar-refractivity contribution in [1.82, 2.24) is 19.9 Å². The van der Waals surface area contributed by atoms with E-state index in [0.29, 0.717) is 11.4 Å². The highest BCUT2D eigenvalue weighted by Crippen LogP contribution is 2.38. The van der Waals surface area contributed by atoms with Gasteiger partial charge in [0.15, 0.2) is 5.16 Å². The van der Waals surface area contributed by atoms with Crippen LogP contribution in [0.15, 0.2) is 47.9 Å². The molecule has 0 saturated heterocycles. The second kappa shape index (κ2) is 7.37. The van der Waals surface area contributed by atoms with E-state index in [1.165, 1.54) is 11.8 Å². The Morgan fingerprint density at radius 2 is 1.96 bits per heavy atom. The average Bonchev–Trinajstić information content (AvgIpc) is 3.10. The van der Waals surface area contributed by atoms with E-state index >= 15 is 0 Å². The lowest BCUT2D eigenvalue weighted by Gasteiger charge is -2.11. The van der Waals surface area contributed by atoms with Gasteiger partial charge < -0.3 is 16.2 Å². The Morgan fingerprint density at radius 1 is 1.11 bits per heavy atom. The van der Waals surface area contributed by atoms with Crippen molar-refractivity contribution in [1.29, 1.82) is 0 Å². The molecule has 4 rings (SSSR count). The molecular weight excluding hydrogens is 380 g/mol. The summed E-state index contributed by atoms with van der Waals surface area (Å²) >= 11 is 3.14. The first-order chi connectivity index (χ1) is 13.1. The van der Waals surface area contributed by atoms with E-state index in [-0.39, 0.29) is 12.6 Å². The predicted octanol–water partition coefficient (Wildman–Crippen LogP) is 3.61. The van der Waals surface area contributed by atoms with E-state index in [1.807, 2.05) is 36.7 Å². The van der Waals surface area contributed by atoms with Crippen LogP contribution in [0.4, 0.5) is 11.8 Å². The first-order valence-corrected chi connectivity index (χ1v) is 10.1. The number of benzene rings is 1. The Bertz CT molecular complexity index is 1110. The molecule has 0 unspecified atom stereocenters. The summed E-state index contributed by atoms with van der Waals surface area (Å²) in [6.07, 6.45) is 5.40. The molecule has 4 N–H and O–H groups in total. The zero-order valence-electron chi connectivity index (χ0n) is 14.4. The van der Waals surface area contributed by atoms with Gasteiger partial charge in [-0.15, -0.1) is 11.3 Å². The third kappa shape index (κ3) is 3.64. The van der Waals surface area contributed by atoms with E-state index in [9.17, 15) is 0 Å². The van der Waals surface area contributed by atoms with Gasteiger partial charge in [-0.1, -0.05) is 23.9 Å². The Morgan fingerprint density at radius 3 is 2.78 bits per heavy atom. The fraction of sp³-hybridized carbons (Fsp3) is 0.111. The highest BCUT2D eigenvalue weighted by molar-refractivity contribution is 7.98. The molecule has 0 fully saturated rings. The molecule has 9 heteroatoms. The molecule has 0 aliphatic rings. The minimum absolute atomic E-state index is 0.146. The highest BCUT2D eigenvalue weighted by atomic mass is 32.2. The van der Waals surface area contributed by atoms with Gasteiger partial charge in [-0.3, -0.25) is 0 Å². The molecule has 0 amide bonds. The molecule has 136 valence electrons. The molecule has 0 atom stereocenters. The van der Waals surface area contributed by atoms with Gasteiger partial charge in [-0.2, -0.15) is 4.98 Å². The van der Waals surface area contributed by atoms with Crippen LogP contribution in [0.25, 0.3) is 20.7 Å². The molecule has 4 aromatic rings. The summed E-state index contributed by atoms with van der Waals surface area (Å²) in [5.74, 6) is 1.22. The van der Waals surface area contributed by atoms with Crippen LogP contribution in [0.2, 0.25) is 0 Å². The van der Waals surface area contributed by atoms with Gasteiger partial charge >= 0.3 is 0 Å². The van der Waals surface area contributed by atoms with Crippen LogP contribution in [0.5, 0.6) is 5.75 Å². The normalized spacial score (nSPS) is 11.0. The molecule has 0 saturated carbocycles. The monoisotopic (exact) mass is 396 g/mol. The van der Waals surface area contributed by atoms with Crippen LogP contribution in [0.3, 0.4) is 0 Å². The van der Waals surface area contributed by atoms with Crippen molar-refractivity contribution in [2.24, 2.45) is 0 Å². The Kier molecular flexibility index (Phi) is 4.78. The summed E-state index contributed by atoms with van der Waals surface area (Å²) in [6.45, 7) is 0.254. The fourth-order valence-corrected chi connectivity index (χ4v) is 3.98. The van der Waals surface area contributed by atoms with Crippen LogP contribution < -0.4 is 16.2 Å². The maximum absolute atomic E-state index is 6.00. The molecule has 0 bridgehead atoms. The minimum Gasteiger partial charge on any atom is -0.488 e. The number of thiophene rings is 1. The van der Waals surface area contributed by atoms with Gasteiger partial charge in [-0.05, 0) is 24.5 Å². The largest absolute Gasteiger partial charge is 0.488 e. The summed E-state index contributed by atoms with van der Waals surface area (Å²) in [4.78, 5) is 18.9. The van der Waals surface area contributed by atoms with Crippen molar-refractivity contribution in [3.63, 3.8) is 0 Å². The highest BCUT2D eigenvalue weighted by Gasteiger charge is 2.12. The third-order valence-corrected chi connectivity index (χ3v) is 5.53. The van der Waals surface area contributed by atoms with Gasteiger partial charge in [0.1, 0.15) is 23.0 Å². The SMILES string of the molecule is CSc1ncc2cc(-c3ccccc3OCc3cnc(N)nc3N)sc2n1. The zero-order valence-corrected chi connectivity index (χ0v) is 16.0. The number of nitrogens with zero attached hydrogens (tertiary/aromatic N) is 4. The smallest absolute Gasteiger partial charge is 0.221 e. The van der Waals surface area contributed by atoms with E-state index in [0.717, 1.165) is 31.6 Å². The van der Waals surface area contributed by atoms with E-state index in [1.54, 1.807) is 17.5 Å². The van der Waals surface area contributed by atoms with Crippen LogP contribution in [-0.2, 0) is 6.61 Å². The molecular formula is C18H16N6OS2. The molecule has 27 heavy (non-hydrogen) atoms. The number of aromatic nitrogens is 4. The topological polar surface area (TPSA) is 113 Å².